The third kappa shape index (κ3) is 3.03. The Labute approximate surface area is 109 Å². The van der Waals surface area contributed by atoms with E-state index in [2.05, 4.69) is 19.2 Å². The van der Waals surface area contributed by atoms with E-state index in [9.17, 15) is 4.79 Å². The van der Waals surface area contributed by atoms with E-state index in [1.165, 1.54) is 5.56 Å². The van der Waals surface area contributed by atoms with Gasteiger partial charge in [-0.1, -0.05) is 26.3 Å². The van der Waals surface area contributed by atoms with E-state index in [0.717, 1.165) is 31.5 Å². The Kier molecular flexibility index (Phi) is 4.24. The summed E-state index contributed by atoms with van der Waals surface area (Å²) in [5.74, 6) is 0.223. The van der Waals surface area contributed by atoms with Gasteiger partial charge in [-0.3, -0.25) is 0 Å². The van der Waals surface area contributed by atoms with Gasteiger partial charge >= 0.3 is 5.97 Å². The molecule has 1 aliphatic heterocycles. The molecule has 0 saturated carbocycles. The fourth-order valence-electron chi connectivity index (χ4n) is 2.30. The van der Waals surface area contributed by atoms with Crippen LogP contribution in [0.2, 0.25) is 0 Å². The predicted molar refractivity (Wildman–Crippen MR) is 73.0 cm³/mol. The number of anilines is 1. The Hall–Kier alpha value is -1.51. The second-order valence-corrected chi connectivity index (χ2v) is 5.04. The van der Waals surface area contributed by atoms with Gasteiger partial charge in [-0.15, -0.1) is 0 Å². The number of hydrogen-bond donors (Lipinski definition) is 1. The van der Waals surface area contributed by atoms with Gasteiger partial charge in [-0.05, 0) is 36.5 Å². The molecule has 1 aromatic carbocycles. The third-order valence-corrected chi connectivity index (χ3v) is 3.34. The molecular formula is C15H21NO2. The van der Waals surface area contributed by atoms with Crippen LogP contribution in [0.4, 0.5) is 5.69 Å². The van der Waals surface area contributed by atoms with Crippen LogP contribution >= 0.6 is 0 Å². The summed E-state index contributed by atoms with van der Waals surface area (Å²) in [5, 5.41) is 3.27. The SMILES string of the molecule is CCCC(C)COC(=O)c1ccc2c(c1)NCC2. The van der Waals surface area contributed by atoms with Gasteiger partial charge in [0, 0.05) is 12.2 Å². The lowest BCUT2D eigenvalue weighted by molar-refractivity contribution is 0.0443. The molecule has 3 nitrogen and oxygen atoms in total. The van der Waals surface area contributed by atoms with Crippen LogP contribution in [0.15, 0.2) is 18.2 Å². The van der Waals surface area contributed by atoms with Gasteiger partial charge in [0.25, 0.3) is 0 Å². The first-order valence-electron chi connectivity index (χ1n) is 6.74. The molecule has 98 valence electrons. The quantitative estimate of drug-likeness (QED) is 0.812. The Morgan fingerprint density at radius 3 is 3.11 bits per heavy atom. The van der Waals surface area contributed by atoms with Crippen LogP contribution in [0.3, 0.4) is 0 Å². The molecule has 0 amide bonds. The number of hydrogen-bond acceptors (Lipinski definition) is 3. The molecule has 1 unspecified atom stereocenters. The third-order valence-electron chi connectivity index (χ3n) is 3.34. The van der Waals surface area contributed by atoms with Crippen LogP contribution in [0.5, 0.6) is 0 Å². The second-order valence-electron chi connectivity index (χ2n) is 5.04. The lowest BCUT2D eigenvalue weighted by Crippen LogP contribution is -2.12. The van der Waals surface area contributed by atoms with Gasteiger partial charge in [-0.2, -0.15) is 0 Å². The van der Waals surface area contributed by atoms with Crippen molar-refractivity contribution in [3.63, 3.8) is 0 Å². The molecule has 1 N–H and O–H groups in total. The van der Waals surface area contributed by atoms with Crippen molar-refractivity contribution in [3.8, 4) is 0 Å². The summed E-state index contributed by atoms with van der Waals surface area (Å²) in [6, 6.07) is 5.77. The number of rotatable bonds is 5. The van der Waals surface area contributed by atoms with Gasteiger partial charge in [-0.25, -0.2) is 4.79 Å². The maximum atomic E-state index is 11.9. The van der Waals surface area contributed by atoms with Gasteiger partial charge in [0.1, 0.15) is 0 Å². The van der Waals surface area contributed by atoms with Gasteiger partial charge in [0.15, 0.2) is 0 Å². The van der Waals surface area contributed by atoms with Gasteiger partial charge in [0.05, 0.1) is 12.2 Å². The first-order valence-corrected chi connectivity index (χ1v) is 6.74. The highest BCUT2D eigenvalue weighted by atomic mass is 16.5. The fourth-order valence-corrected chi connectivity index (χ4v) is 2.30. The number of esters is 1. The number of ether oxygens (including phenoxy) is 1. The maximum absolute atomic E-state index is 11.9. The van der Waals surface area contributed by atoms with Crippen molar-refractivity contribution in [1.29, 1.82) is 0 Å². The number of nitrogens with one attached hydrogen (secondary N) is 1. The van der Waals surface area contributed by atoms with Crippen LogP contribution in [0.25, 0.3) is 0 Å². The van der Waals surface area contributed by atoms with Crippen molar-refractivity contribution < 1.29 is 9.53 Å². The number of benzene rings is 1. The summed E-state index contributed by atoms with van der Waals surface area (Å²) in [6.07, 6.45) is 3.26. The van der Waals surface area contributed by atoms with E-state index in [4.69, 9.17) is 4.74 Å². The molecule has 0 radical (unpaired) electrons. The van der Waals surface area contributed by atoms with E-state index in [1.54, 1.807) is 0 Å². The Morgan fingerprint density at radius 2 is 2.33 bits per heavy atom. The highest BCUT2D eigenvalue weighted by molar-refractivity contribution is 5.91. The molecule has 0 fully saturated rings. The Morgan fingerprint density at radius 1 is 1.50 bits per heavy atom. The summed E-state index contributed by atoms with van der Waals surface area (Å²) in [7, 11) is 0. The molecule has 2 rings (SSSR count). The number of carbonyl (C=O) groups excluding carboxylic acids is 1. The molecule has 3 heteroatoms. The minimum absolute atomic E-state index is 0.213. The molecule has 0 bridgehead atoms. The van der Waals surface area contributed by atoms with Gasteiger partial charge in [0.2, 0.25) is 0 Å². The summed E-state index contributed by atoms with van der Waals surface area (Å²) in [5.41, 5.74) is 3.00. The average Bonchev–Trinajstić information content (AvgIpc) is 2.83. The smallest absolute Gasteiger partial charge is 0.338 e. The average molecular weight is 247 g/mol. The van der Waals surface area contributed by atoms with Crippen LogP contribution in [-0.2, 0) is 11.2 Å². The molecule has 18 heavy (non-hydrogen) atoms. The zero-order chi connectivity index (χ0) is 13.0. The lowest BCUT2D eigenvalue weighted by Gasteiger charge is -2.11. The van der Waals surface area contributed by atoms with Gasteiger partial charge < -0.3 is 10.1 Å². The van der Waals surface area contributed by atoms with E-state index in [0.29, 0.717) is 18.1 Å². The molecule has 1 heterocycles. The molecule has 1 aliphatic rings. The molecule has 0 saturated heterocycles. The van der Waals surface area contributed by atoms with E-state index in [-0.39, 0.29) is 5.97 Å². The van der Waals surface area contributed by atoms with Crippen molar-refractivity contribution >= 4 is 11.7 Å². The zero-order valence-electron chi connectivity index (χ0n) is 11.2. The van der Waals surface area contributed by atoms with Crippen LogP contribution < -0.4 is 5.32 Å². The van der Waals surface area contributed by atoms with Crippen LogP contribution in [0.1, 0.15) is 42.6 Å². The highest BCUT2D eigenvalue weighted by Gasteiger charge is 2.14. The molecule has 1 aromatic rings. The maximum Gasteiger partial charge on any atom is 0.338 e. The number of carbonyl (C=O) groups is 1. The first-order chi connectivity index (χ1) is 8.70. The molecule has 0 aromatic heterocycles. The molecule has 1 atom stereocenters. The second kappa shape index (κ2) is 5.89. The molecular weight excluding hydrogens is 226 g/mol. The normalized spacial score (nSPS) is 14.8. The van der Waals surface area contributed by atoms with Crippen molar-refractivity contribution in [2.45, 2.75) is 33.1 Å². The zero-order valence-corrected chi connectivity index (χ0v) is 11.2. The van der Waals surface area contributed by atoms with E-state index < -0.39 is 0 Å². The Balaban J connectivity index is 1.93. The standard InChI is InChI=1S/C15H21NO2/c1-3-4-11(2)10-18-15(17)13-6-5-12-7-8-16-14(12)9-13/h5-6,9,11,16H,3-4,7-8,10H2,1-2H3. The first kappa shape index (κ1) is 12.9. The van der Waals surface area contributed by atoms with Crippen molar-refractivity contribution in [2.75, 3.05) is 18.5 Å². The van der Waals surface area contributed by atoms with Crippen molar-refractivity contribution in [3.05, 3.63) is 29.3 Å². The topological polar surface area (TPSA) is 38.3 Å². The molecule has 0 spiro atoms. The Bertz CT molecular complexity index is 429. The van der Waals surface area contributed by atoms with Crippen molar-refractivity contribution in [2.24, 2.45) is 5.92 Å². The summed E-state index contributed by atoms with van der Waals surface area (Å²) >= 11 is 0. The molecule has 0 aliphatic carbocycles. The van der Waals surface area contributed by atoms with Crippen LogP contribution in [0, 0.1) is 5.92 Å². The van der Waals surface area contributed by atoms with E-state index >= 15 is 0 Å². The number of fused-ring (bicyclic) bond motifs is 1. The highest BCUT2D eigenvalue weighted by Crippen LogP contribution is 2.23. The lowest BCUT2D eigenvalue weighted by atomic mass is 10.1. The summed E-state index contributed by atoms with van der Waals surface area (Å²) < 4.78 is 5.34. The van der Waals surface area contributed by atoms with E-state index in [1.807, 2.05) is 18.2 Å². The largest absolute Gasteiger partial charge is 0.462 e. The predicted octanol–water partition coefficient (Wildman–Crippen LogP) is 3.25. The minimum atomic E-state index is -0.213. The fraction of sp³-hybridized carbons (Fsp3) is 0.533. The van der Waals surface area contributed by atoms with Crippen LogP contribution in [-0.4, -0.2) is 19.1 Å². The minimum Gasteiger partial charge on any atom is -0.462 e. The van der Waals surface area contributed by atoms with Crippen molar-refractivity contribution in [1.82, 2.24) is 0 Å². The summed E-state index contributed by atoms with van der Waals surface area (Å²) in [4.78, 5) is 11.9. The summed E-state index contributed by atoms with van der Waals surface area (Å²) in [6.45, 7) is 5.73. The monoisotopic (exact) mass is 247 g/mol.